The summed E-state index contributed by atoms with van der Waals surface area (Å²) in [7, 11) is 0. The number of hydrogen-bond acceptors (Lipinski definition) is 2. The molecular weight excluding hydrogens is 250 g/mol. The van der Waals surface area contributed by atoms with E-state index in [1.807, 2.05) is 53.7 Å². The van der Waals surface area contributed by atoms with E-state index in [9.17, 15) is 0 Å². The quantitative estimate of drug-likeness (QED) is 0.613. The Hall–Kier alpha value is -1.15. The zero-order valence-corrected chi connectivity index (χ0v) is 14.3. The fraction of sp³-hybridized carbons (Fsp3) is 0.412. The Labute approximate surface area is 124 Å². The minimum Gasteiger partial charge on any atom is -0.354 e. The van der Waals surface area contributed by atoms with E-state index < -0.39 is 0 Å². The average Bonchev–Trinajstić information content (AvgIpc) is 2.52. The Morgan fingerprint density at radius 1 is 1.00 bits per heavy atom. The minimum atomic E-state index is 1.11. The van der Waals surface area contributed by atoms with E-state index in [-0.39, 0.29) is 0 Å². The highest BCUT2D eigenvalue weighted by atomic mass is 32.2. The lowest BCUT2D eigenvalue weighted by atomic mass is 10.3. The van der Waals surface area contributed by atoms with Crippen LogP contribution < -0.4 is 5.32 Å². The summed E-state index contributed by atoms with van der Waals surface area (Å²) >= 11 is 1.79. The smallest absolute Gasteiger partial charge is 0.0526 e. The Bertz CT molecular complexity index is 381. The SMILES string of the molecule is C=CC1=C(C)Sc2ccccc2N1.CC.CC.CC. The van der Waals surface area contributed by atoms with Gasteiger partial charge in [-0.2, -0.15) is 0 Å². The standard InChI is InChI=1S/C11H11NS.3C2H6/c1-3-9-8(2)13-11-7-5-4-6-10(11)12-9;3*1-2/h3-7,12H,1H2,2H3;3*1-2H3. The maximum Gasteiger partial charge on any atom is 0.0526 e. The molecule has 0 aliphatic carbocycles. The van der Waals surface area contributed by atoms with Gasteiger partial charge in [0.15, 0.2) is 0 Å². The van der Waals surface area contributed by atoms with Crippen molar-refractivity contribution in [2.45, 2.75) is 53.4 Å². The number of thioether (sulfide) groups is 1. The van der Waals surface area contributed by atoms with Gasteiger partial charge in [0, 0.05) is 15.5 Å². The van der Waals surface area contributed by atoms with Crippen LogP contribution in [-0.4, -0.2) is 0 Å². The first-order chi connectivity index (χ1) is 9.31. The van der Waals surface area contributed by atoms with Gasteiger partial charge in [0.25, 0.3) is 0 Å². The van der Waals surface area contributed by atoms with Crippen LogP contribution in [0.3, 0.4) is 0 Å². The number of para-hydroxylation sites is 1. The molecule has 2 heteroatoms. The zero-order chi connectivity index (χ0) is 15.3. The molecule has 0 unspecified atom stereocenters. The maximum atomic E-state index is 3.77. The van der Waals surface area contributed by atoms with Gasteiger partial charge >= 0.3 is 0 Å². The van der Waals surface area contributed by atoms with Gasteiger partial charge in [-0.25, -0.2) is 0 Å². The Morgan fingerprint density at radius 3 is 2.05 bits per heavy atom. The van der Waals surface area contributed by atoms with E-state index in [0.717, 1.165) is 5.70 Å². The molecule has 0 saturated carbocycles. The summed E-state index contributed by atoms with van der Waals surface area (Å²) in [5, 5.41) is 3.34. The fourth-order valence-corrected chi connectivity index (χ4v) is 2.26. The molecule has 1 N–H and O–H groups in total. The van der Waals surface area contributed by atoms with E-state index in [1.165, 1.54) is 15.5 Å². The van der Waals surface area contributed by atoms with Gasteiger partial charge in [-0.05, 0) is 25.1 Å². The Morgan fingerprint density at radius 2 is 1.53 bits per heavy atom. The molecule has 0 bridgehead atoms. The topological polar surface area (TPSA) is 12.0 Å². The maximum absolute atomic E-state index is 3.77. The molecule has 19 heavy (non-hydrogen) atoms. The molecule has 1 aliphatic heterocycles. The second-order valence-corrected chi connectivity index (χ2v) is 4.15. The van der Waals surface area contributed by atoms with Gasteiger partial charge in [-0.3, -0.25) is 0 Å². The predicted octanol–water partition coefficient (Wildman–Crippen LogP) is 6.70. The molecule has 1 aromatic rings. The van der Waals surface area contributed by atoms with E-state index in [4.69, 9.17) is 0 Å². The van der Waals surface area contributed by atoms with Crippen molar-refractivity contribution in [1.82, 2.24) is 0 Å². The lowest BCUT2D eigenvalue weighted by Gasteiger charge is -2.19. The van der Waals surface area contributed by atoms with Crippen molar-refractivity contribution in [3.8, 4) is 0 Å². The molecule has 0 aromatic heterocycles. The van der Waals surface area contributed by atoms with Crippen LogP contribution in [0.25, 0.3) is 0 Å². The summed E-state index contributed by atoms with van der Waals surface area (Å²) in [6.45, 7) is 17.9. The molecule has 1 nitrogen and oxygen atoms in total. The number of hydrogen-bond donors (Lipinski definition) is 1. The lowest BCUT2D eigenvalue weighted by Crippen LogP contribution is -2.03. The van der Waals surface area contributed by atoms with Crippen LogP contribution in [0.4, 0.5) is 5.69 Å². The summed E-state index contributed by atoms with van der Waals surface area (Å²) in [6.07, 6.45) is 1.86. The fourth-order valence-electron chi connectivity index (χ4n) is 1.31. The molecular formula is C17H29NS. The van der Waals surface area contributed by atoms with Gasteiger partial charge < -0.3 is 5.32 Å². The first-order valence-corrected chi connectivity index (χ1v) is 8.00. The first kappa shape index (κ1) is 20.2. The third kappa shape index (κ3) is 6.53. The predicted molar refractivity (Wildman–Crippen MR) is 92.9 cm³/mol. The summed E-state index contributed by atoms with van der Waals surface area (Å²) in [5.41, 5.74) is 2.29. The molecule has 2 rings (SSSR count). The van der Waals surface area contributed by atoms with Crippen molar-refractivity contribution < 1.29 is 0 Å². The van der Waals surface area contributed by atoms with Crippen LogP contribution in [0.2, 0.25) is 0 Å². The van der Waals surface area contributed by atoms with Crippen molar-refractivity contribution in [3.63, 3.8) is 0 Å². The largest absolute Gasteiger partial charge is 0.354 e. The molecule has 108 valence electrons. The van der Waals surface area contributed by atoms with Crippen LogP contribution >= 0.6 is 11.8 Å². The Kier molecular flexibility index (Phi) is 14.1. The van der Waals surface area contributed by atoms with Crippen molar-refractivity contribution >= 4 is 17.4 Å². The molecule has 1 heterocycles. The summed E-state index contributed by atoms with van der Waals surface area (Å²) in [6, 6.07) is 8.29. The van der Waals surface area contributed by atoms with Crippen molar-refractivity contribution in [1.29, 1.82) is 0 Å². The average molecular weight is 279 g/mol. The number of fused-ring (bicyclic) bond motifs is 1. The minimum absolute atomic E-state index is 1.11. The van der Waals surface area contributed by atoms with Crippen LogP contribution in [0, 0.1) is 0 Å². The molecule has 0 fully saturated rings. The van der Waals surface area contributed by atoms with Crippen molar-refractivity contribution in [2.75, 3.05) is 5.32 Å². The van der Waals surface area contributed by atoms with Crippen molar-refractivity contribution in [2.24, 2.45) is 0 Å². The van der Waals surface area contributed by atoms with E-state index in [1.54, 1.807) is 11.8 Å². The second-order valence-electron chi connectivity index (χ2n) is 2.90. The van der Waals surface area contributed by atoms with Crippen LogP contribution in [0.5, 0.6) is 0 Å². The third-order valence-corrected chi connectivity index (χ3v) is 3.10. The molecule has 0 radical (unpaired) electrons. The monoisotopic (exact) mass is 279 g/mol. The molecule has 0 amide bonds. The molecule has 1 aliphatic rings. The van der Waals surface area contributed by atoms with Gasteiger partial charge in [0.05, 0.1) is 5.69 Å². The summed E-state index contributed by atoms with van der Waals surface area (Å²) in [5.74, 6) is 0. The number of allylic oxidation sites excluding steroid dienone is 2. The lowest BCUT2D eigenvalue weighted by molar-refractivity contribution is 1.32. The van der Waals surface area contributed by atoms with Gasteiger partial charge in [0.2, 0.25) is 0 Å². The number of nitrogens with one attached hydrogen (secondary N) is 1. The normalized spacial score (nSPS) is 11.1. The number of benzene rings is 1. The highest BCUT2D eigenvalue weighted by Gasteiger charge is 2.12. The van der Waals surface area contributed by atoms with Crippen LogP contribution in [0.15, 0.2) is 52.4 Å². The van der Waals surface area contributed by atoms with Gasteiger partial charge in [0.1, 0.15) is 0 Å². The van der Waals surface area contributed by atoms with E-state index >= 15 is 0 Å². The highest BCUT2D eigenvalue weighted by molar-refractivity contribution is 8.03. The first-order valence-electron chi connectivity index (χ1n) is 7.18. The Balaban J connectivity index is 0. The van der Waals surface area contributed by atoms with Crippen molar-refractivity contribution in [3.05, 3.63) is 47.5 Å². The molecule has 0 spiro atoms. The number of rotatable bonds is 1. The zero-order valence-electron chi connectivity index (χ0n) is 13.5. The van der Waals surface area contributed by atoms with Gasteiger partial charge in [-0.1, -0.05) is 72.0 Å². The second kappa shape index (κ2) is 13.3. The van der Waals surface area contributed by atoms with Crippen LogP contribution in [-0.2, 0) is 0 Å². The van der Waals surface area contributed by atoms with Crippen LogP contribution in [0.1, 0.15) is 48.5 Å². The van der Waals surface area contributed by atoms with E-state index in [2.05, 4.69) is 37.0 Å². The number of anilines is 1. The molecule has 0 saturated heterocycles. The summed E-state index contributed by atoms with van der Waals surface area (Å²) < 4.78 is 0. The van der Waals surface area contributed by atoms with E-state index in [0.29, 0.717) is 0 Å². The molecule has 0 atom stereocenters. The summed E-state index contributed by atoms with van der Waals surface area (Å²) in [4.78, 5) is 2.55. The molecule has 1 aromatic carbocycles. The third-order valence-electron chi connectivity index (χ3n) is 2.00. The van der Waals surface area contributed by atoms with Gasteiger partial charge in [-0.15, -0.1) is 0 Å². The highest BCUT2D eigenvalue weighted by Crippen LogP contribution is 2.38.